The predicted molar refractivity (Wildman–Crippen MR) is 56.9 cm³/mol. The molecule has 0 fully saturated rings. The Kier molecular flexibility index (Phi) is 3.73. The summed E-state index contributed by atoms with van der Waals surface area (Å²) in [4.78, 5) is 3.86. The molecule has 14 heavy (non-hydrogen) atoms. The molecule has 1 aromatic rings. The van der Waals surface area contributed by atoms with Crippen LogP contribution in [0.4, 0.5) is 5.69 Å². The molecule has 0 amide bonds. The Morgan fingerprint density at radius 2 is 2.36 bits per heavy atom. The van der Waals surface area contributed by atoms with Gasteiger partial charge in [0, 0.05) is 6.07 Å². The number of guanidine groups is 1. The molecule has 0 aliphatic carbocycles. The Morgan fingerprint density at radius 1 is 1.64 bits per heavy atom. The van der Waals surface area contributed by atoms with Crippen molar-refractivity contribution in [1.29, 1.82) is 0 Å². The fraction of sp³-hybridized carbons (Fsp3) is 0.125. The second kappa shape index (κ2) is 4.83. The van der Waals surface area contributed by atoms with Gasteiger partial charge in [-0.25, -0.2) is 10.5 Å². The lowest BCUT2D eigenvalue weighted by Gasteiger charge is -2.04. The standard InChI is InChI=1S/C8H10BrN3O2/c1-14-7-4-5(2-3-6(7)9)11-8(10)12-13/h2-4,13H,1H3,(H3,10,11,12). The average Bonchev–Trinajstić information content (AvgIpc) is 2.20. The van der Waals surface area contributed by atoms with Crippen molar-refractivity contribution in [3.8, 4) is 5.75 Å². The molecule has 0 aromatic heterocycles. The minimum Gasteiger partial charge on any atom is -0.495 e. The number of ether oxygens (including phenoxy) is 1. The Labute approximate surface area is 89.7 Å². The van der Waals surface area contributed by atoms with Gasteiger partial charge in [0.2, 0.25) is 5.96 Å². The molecule has 0 bridgehead atoms. The highest BCUT2D eigenvalue weighted by Gasteiger charge is 2.00. The maximum atomic E-state index is 8.43. The third-order valence-corrected chi connectivity index (χ3v) is 2.15. The molecule has 0 spiro atoms. The molecule has 0 atom stereocenters. The monoisotopic (exact) mass is 259 g/mol. The highest BCUT2D eigenvalue weighted by atomic mass is 79.9. The SMILES string of the molecule is COc1cc(N=C(N)NO)ccc1Br. The summed E-state index contributed by atoms with van der Waals surface area (Å²) in [5.41, 5.74) is 7.60. The van der Waals surface area contributed by atoms with Crippen LogP contribution >= 0.6 is 15.9 Å². The van der Waals surface area contributed by atoms with Crippen molar-refractivity contribution in [2.45, 2.75) is 0 Å². The summed E-state index contributed by atoms with van der Waals surface area (Å²) in [6.07, 6.45) is 0. The normalized spacial score (nSPS) is 11.2. The first-order valence-electron chi connectivity index (χ1n) is 3.75. The average molecular weight is 260 g/mol. The number of nitrogens with two attached hydrogens (primary N) is 1. The molecule has 0 saturated carbocycles. The smallest absolute Gasteiger partial charge is 0.218 e. The molecule has 6 heteroatoms. The van der Waals surface area contributed by atoms with Gasteiger partial charge in [0.15, 0.2) is 0 Å². The van der Waals surface area contributed by atoms with Gasteiger partial charge in [0.1, 0.15) is 5.75 Å². The predicted octanol–water partition coefficient (Wildman–Crippen LogP) is 1.38. The summed E-state index contributed by atoms with van der Waals surface area (Å²) in [5.74, 6) is 0.575. The molecule has 0 aliphatic rings. The molecule has 0 unspecified atom stereocenters. The Balaban J connectivity index is 3.01. The van der Waals surface area contributed by atoms with Crippen LogP contribution in [0.2, 0.25) is 0 Å². The van der Waals surface area contributed by atoms with Gasteiger partial charge < -0.3 is 10.5 Å². The first kappa shape index (κ1) is 10.8. The van der Waals surface area contributed by atoms with Crippen LogP contribution in [0.5, 0.6) is 5.75 Å². The summed E-state index contributed by atoms with van der Waals surface area (Å²) in [6, 6.07) is 5.20. The van der Waals surface area contributed by atoms with Crippen molar-refractivity contribution in [1.82, 2.24) is 5.48 Å². The largest absolute Gasteiger partial charge is 0.495 e. The zero-order valence-corrected chi connectivity index (χ0v) is 9.08. The van der Waals surface area contributed by atoms with Crippen molar-refractivity contribution in [2.24, 2.45) is 10.7 Å². The minimum absolute atomic E-state index is 0.0747. The van der Waals surface area contributed by atoms with Crippen LogP contribution in [0.15, 0.2) is 27.7 Å². The van der Waals surface area contributed by atoms with Crippen LogP contribution in [0, 0.1) is 0 Å². The number of halogens is 1. The number of nitrogens with zero attached hydrogens (tertiary/aromatic N) is 1. The van der Waals surface area contributed by atoms with Crippen LogP contribution in [-0.2, 0) is 0 Å². The number of hydrogen-bond donors (Lipinski definition) is 3. The quantitative estimate of drug-likeness (QED) is 0.426. The van der Waals surface area contributed by atoms with Gasteiger partial charge in [-0.05, 0) is 28.1 Å². The molecular formula is C8H10BrN3O2. The van der Waals surface area contributed by atoms with E-state index >= 15 is 0 Å². The number of nitrogens with one attached hydrogen (secondary N) is 1. The van der Waals surface area contributed by atoms with E-state index in [1.165, 1.54) is 0 Å². The lowest BCUT2D eigenvalue weighted by molar-refractivity contribution is 0.233. The van der Waals surface area contributed by atoms with Gasteiger partial charge in [-0.3, -0.25) is 5.21 Å². The van der Waals surface area contributed by atoms with Crippen LogP contribution in [0.1, 0.15) is 0 Å². The lowest BCUT2D eigenvalue weighted by atomic mass is 10.3. The van der Waals surface area contributed by atoms with E-state index in [2.05, 4.69) is 20.9 Å². The van der Waals surface area contributed by atoms with E-state index in [0.717, 1.165) is 4.47 Å². The van der Waals surface area contributed by atoms with E-state index in [-0.39, 0.29) is 5.96 Å². The molecule has 1 aromatic carbocycles. The maximum Gasteiger partial charge on any atom is 0.218 e. The third-order valence-electron chi connectivity index (χ3n) is 1.50. The van der Waals surface area contributed by atoms with E-state index in [1.807, 2.05) is 0 Å². The van der Waals surface area contributed by atoms with Crippen molar-refractivity contribution >= 4 is 27.6 Å². The molecule has 0 saturated heterocycles. The molecular weight excluding hydrogens is 250 g/mol. The summed E-state index contributed by atoms with van der Waals surface area (Å²) in [5, 5.41) is 8.43. The molecule has 1 rings (SSSR count). The molecule has 0 aliphatic heterocycles. The zero-order chi connectivity index (χ0) is 10.6. The van der Waals surface area contributed by atoms with Crippen molar-refractivity contribution in [2.75, 3.05) is 7.11 Å². The second-order valence-electron chi connectivity index (χ2n) is 2.43. The van der Waals surface area contributed by atoms with Crippen molar-refractivity contribution < 1.29 is 9.94 Å². The van der Waals surface area contributed by atoms with Gasteiger partial charge >= 0.3 is 0 Å². The zero-order valence-electron chi connectivity index (χ0n) is 7.49. The second-order valence-corrected chi connectivity index (χ2v) is 3.28. The van der Waals surface area contributed by atoms with Crippen molar-refractivity contribution in [3.63, 3.8) is 0 Å². The van der Waals surface area contributed by atoms with Crippen LogP contribution in [0.25, 0.3) is 0 Å². The van der Waals surface area contributed by atoms with Gasteiger partial charge in [-0.1, -0.05) is 0 Å². The number of benzene rings is 1. The van der Waals surface area contributed by atoms with Gasteiger partial charge in [0.05, 0.1) is 17.3 Å². The molecule has 0 heterocycles. The summed E-state index contributed by atoms with van der Waals surface area (Å²) in [7, 11) is 1.56. The lowest BCUT2D eigenvalue weighted by Crippen LogP contribution is -2.27. The minimum atomic E-state index is -0.0747. The summed E-state index contributed by atoms with van der Waals surface area (Å²) in [6.45, 7) is 0. The third kappa shape index (κ3) is 2.61. The van der Waals surface area contributed by atoms with Crippen LogP contribution in [-0.4, -0.2) is 18.3 Å². The topological polar surface area (TPSA) is 79.9 Å². The Hall–Kier alpha value is -1.27. The van der Waals surface area contributed by atoms with Gasteiger partial charge in [-0.2, -0.15) is 0 Å². The summed E-state index contributed by atoms with van der Waals surface area (Å²) >= 11 is 3.30. The highest BCUT2D eigenvalue weighted by molar-refractivity contribution is 9.10. The van der Waals surface area contributed by atoms with E-state index in [9.17, 15) is 0 Å². The molecule has 76 valence electrons. The highest BCUT2D eigenvalue weighted by Crippen LogP contribution is 2.28. The van der Waals surface area contributed by atoms with E-state index in [0.29, 0.717) is 11.4 Å². The number of aliphatic imine (C=N–C) groups is 1. The van der Waals surface area contributed by atoms with E-state index in [4.69, 9.17) is 15.7 Å². The van der Waals surface area contributed by atoms with Crippen LogP contribution < -0.4 is 16.0 Å². The Bertz CT molecular complexity index is 354. The van der Waals surface area contributed by atoms with E-state index in [1.54, 1.807) is 30.8 Å². The number of rotatable bonds is 2. The number of hydrogen-bond acceptors (Lipinski definition) is 3. The molecule has 0 radical (unpaired) electrons. The molecule has 5 nitrogen and oxygen atoms in total. The van der Waals surface area contributed by atoms with Gasteiger partial charge in [0.25, 0.3) is 0 Å². The summed E-state index contributed by atoms with van der Waals surface area (Å²) < 4.78 is 5.89. The van der Waals surface area contributed by atoms with Gasteiger partial charge in [-0.15, -0.1) is 0 Å². The van der Waals surface area contributed by atoms with Crippen molar-refractivity contribution in [3.05, 3.63) is 22.7 Å². The first-order chi connectivity index (χ1) is 6.67. The van der Waals surface area contributed by atoms with E-state index < -0.39 is 0 Å². The Morgan fingerprint density at radius 3 is 2.93 bits per heavy atom. The number of methoxy groups -OCH3 is 1. The van der Waals surface area contributed by atoms with Crippen LogP contribution in [0.3, 0.4) is 0 Å². The fourth-order valence-corrected chi connectivity index (χ4v) is 1.29. The molecule has 4 N–H and O–H groups in total. The number of hydroxylamine groups is 1. The fourth-order valence-electron chi connectivity index (χ4n) is 0.882. The maximum absolute atomic E-state index is 8.43. The first-order valence-corrected chi connectivity index (χ1v) is 4.54.